The van der Waals surface area contributed by atoms with Crippen molar-refractivity contribution in [1.82, 2.24) is 10.6 Å². The van der Waals surface area contributed by atoms with Gasteiger partial charge in [0.2, 0.25) is 5.91 Å². The monoisotopic (exact) mass is 410 g/mol. The summed E-state index contributed by atoms with van der Waals surface area (Å²) in [4.78, 5) is 12.8. The first-order valence-electron chi connectivity index (χ1n) is 9.49. The molecule has 3 aromatic rings. The molecule has 154 valence electrons. The molecule has 0 bridgehead atoms. The minimum Gasteiger partial charge on any atom is -0.504 e. The maximum Gasteiger partial charge on any atom is 0.237 e. The van der Waals surface area contributed by atoms with E-state index in [9.17, 15) is 23.8 Å². The molecule has 0 aromatic heterocycles. The van der Waals surface area contributed by atoms with Crippen LogP contribution >= 0.6 is 0 Å². The molecule has 0 radical (unpaired) electrons. The lowest BCUT2D eigenvalue weighted by Gasteiger charge is -2.33. The molecular weight excluding hydrogens is 390 g/mol. The number of rotatable bonds is 4. The van der Waals surface area contributed by atoms with Crippen molar-refractivity contribution >= 4 is 5.91 Å². The highest BCUT2D eigenvalue weighted by molar-refractivity contribution is 5.82. The lowest BCUT2D eigenvalue weighted by atomic mass is 9.86. The third-order valence-electron chi connectivity index (χ3n) is 5.24. The molecule has 1 amide bonds. The third-order valence-corrected chi connectivity index (χ3v) is 5.24. The lowest BCUT2D eigenvalue weighted by molar-refractivity contribution is -0.123. The van der Waals surface area contributed by atoms with Crippen LogP contribution in [0.3, 0.4) is 0 Å². The predicted octanol–water partition coefficient (Wildman–Crippen LogP) is 3.30. The van der Waals surface area contributed by atoms with E-state index in [1.807, 2.05) is 0 Å². The molecule has 4 N–H and O–H groups in total. The molecule has 0 fully saturated rings. The highest BCUT2D eigenvalue weighted by Crippen LogP contribution is 2.37. The van der Waals surface area contributed by atoms with Gasteiger partial charge in [-0.1, -0.05) is 24.3 Å². The lowest BCUT2D eigenvalue weighted by Crippen LogP contribution is -2.49. The van der Waals surface area contributed by atoms with Crippen LogP contribution in [-0.4, -0.2) is 22.2 Å². The summed E-state index contributed by atoms with van der Waals surface area (Å²) in [7, 11) is 0. The number of nitrogens with one attached hydrogen (secondary N) is 2. The van der Waals surface area contributed by atoms with Gasteiger partial charge in [0.25, 0.3) is 0 Å². The van der Waals surface area contributed by atoms with Gasteiger partial charge in [-0.3, -0.25) is 10.1 Å². The van der Waals surface area contributed by atoms with Crippen LogP contribution < -0.4 is 10.6 Å². The minimum atomic E-state index is -0.614. The van der Waals surface area contributed by atoms with Gasteiger partial charge in [0.15, 0.2) is 11.5 Å². The van der Waals surface area contributed by atoms with Crippen molar-refractivity contribution in [2.45, 2.75) is 25.0 Å². The van der Waals surface area contributed by atoms with Crippen LogP contribution in [0, 0.1) is 11.6 Å². The Balaban J connectivity index is 1.58. The molecule has 4 rings (SSSR count). The van der Waals surface area contributed by atoms with E-state index in [1.54, 1.807) is 24.3 Å². The summed E-state index contributed by atoms with van der Waals surface area (Å²) in [5.74, 6) is -1.51. The first-order valence-corrected chi connectivity index (χ1v) is 9.49. The summed E-state index contributed by atoms with van der Waals surface area (Å²) < 4.78 is 26.4. The fourth-order valence-electron chi connectivity index (χ4n) is 3.67. The van der Waals surface area contributed by atoms with Gasteiger partial charge < -0.3 is 15.5 Å². The molecule has 1 aliphatic heterocycles. The number of fused-ring (bicyclic) bond motifs is 1. The van der Waals surface area contributed by atoms with E-state index >= 15 is 0 Å². The number of phenols is 2. The molecule has 7 heteroatoms. The number of phenolic OH excluding ortho intramolecular Hbond substituents is 2. The average molecular weight is 410 g/mol. The SMILES string of the molecule is O=C(NCc1ccc(F)cc1)[C@@H]1Cc2cc(O)c(O)cc2[C@H](c2ccc(F)cc2)N1. The van der Waals surface area contributed by atoms with Crippen LogP contribution in [0.1, 0.15) is 28.3 Å². The molecule has 0 spiro atoms. The number of amides is 1. The Morgan fingerprint density at radius 2 is 1.57 bits per heavy atom. The Morgan fingerprint density at radius 3 is 2.23 bits per heavy atom. The van der Waals surface area contributed by atoms with Crippen molar-refractivity contribution in [3.05, 3.63) is 94.6 Å². The fourth-order valence-corrected chi connectivity index (χ4v) is 3.67. The summed E-state index contributed by atoms with van der Waals surface area (Å²) in [5, 5.41) is 25.9. The number of aromatic hydroxyl groups is 2. The zero-order valence-corrected chi connectivity index (χ0v) is 15.9. The van der Waals surface area contributed by atoms with Crippen molar-refractivity contribution in [3.63, 3.8) is 0 Å². The molecule has 1 heterocycles. The average Bonchev–Trinajstić information content (AvgIpc) is 2.74. The van der Waals surface area contributed by atoms with E-state index in [-0.39, 0.29) is 35.6 Å². The smallest absolute Gasteiger partial charge is 0.237 e. The number of halogens is 2. The predicted molar refractivity (Wildman–Crippen MR) is 107 cm³/mol. The van der Waals surface area contributed by atoms with Crippen LogP contribution in [0.25, 0.3) is 0 Å². The maximum atomic E-state index is 13.4. The quantitative estimate of drug-likeness (QED) is 0.498. The van der Waals surface area contributed by atoms with Gasteiger partial charge in [-0.05, 0) is 65.1 Å². The van der Waals surface area contributed by atoms with Crippen molar-refractivity contribution in [1.29, 1.82) is 0 Å². The summed E-state index contributed by atoms with van der Waals surface area (Å²) in [6.45, 7) is 0.242. The molecule has 0 unspecified atom stereocenters. The van der Waals surface area contributed by atoms with Crippen LogP contribution in [-0.2, 0) is 17.8 Å². The molecule has 0 aliphatic carbocycles. The Labute approximate surface area is 172 Å². The van der Waals surface area contributed by atoms with Gasteiger partial charge in [0.05, 0.1) is 12.1 Å². The number of hydrogen-bond acceptors (Lipinski definition) is 4. The van der Waals surface area contributed by atoms with Gasteiger partial charge in [-0.15, -0.1) is 0 Å². The van der Waals surface area contributed by atoms with E-state index in [2.05, 4.69) is 10.6 Å². The number of carbonyl (C=O) groups is 1. The molecule has 30 heavy (non-hydrogen) atoms. The van der Waals surface area contributed by atoms with E-state index in [0.717, 1.165) is 11.1 Å². The summed E-state index contributed by atoms with van der Waals surface area (Å²) in [6.07, 6.45) is 0.302. The van der Waals surface area contributed by atoms with Gasteiger partial charge >= 0.3 is 0 Å². The second-order valence-electron chi connectivity index (χ2n) is 7.29. The van der Waals surface area contributed by atoms with E-state index < -0.39 is 12.1 Å². The normalized spacial score (nSPS) is 17.9. The standard InChI is InChI=1S/C23H20F2N2O3/c24-16-5-1-13(2-6-16)12-26-23(30)19-9-15-10-20(28)21(29)11-18(15)22(27-19)14-3-7-17(25)8-4-14/h1-8,10-11,19,22,27-29H,9,12H2,(H,26,30)/t19-,22-/m0/s1. The number of carbonyl (C=O) groups excluding carboxylic acids is 1. The minimum absolute atomic E-state index is 0.242. The Hall–Kier alpha value is -3.45. The summed E-state index contributed by atoms with van der Waals surface area (Å²) in [6, 6.07) is 13.6. The number of hydrogen-bond donors (Lipinski definition) is 4. The van der Waals surface area contributed by atoms with Crippen molar-refractivity contribution in [3.8, 4) is 11.5 Å². The number of benzene rings is 3. The van der Waals surface area contributed by atoms with E-state index in [4.69, 9.17) is 0 Å². The molecule has 1 aliphatic rings. The second kappa shape index (κ2) is 8.12. The zero-order valence-electron chi connectivity index (χ0n) is 15.9. The highest BCUT2D eigenvalue weighted by Gasteiger charge is 2.32. The first-order chi connectivity index (χ1) is 14.4. The van der Waals surface area contributed by atoms with Crippen LogP contribution in [0.4, 0.5) is 8.78 Å². The molecule has 0 saturated heterocycles. The molecular formula is C23H20F2N2O3. The summed E-state index contributed by atoms with van der Waals surface area (Å²) in [5.41, 5.74) is 2.90. The van der Waals surface area contributed by atoms with Crippen molar-refractivity contribution in [2.24, 2.45) is 0 Å². The van der Waals surface area contributed by atoms with E-state index in [0.29, 0.717) is 17.5 Å². The third kappa shape index (κ3) is 4.11. The van der Waals surface area contributed by atoms with E-state index in [1.165, 1.54) is 36.4 Å². The fraction of sp³-hybridized carbons (Fsp3) is 0.174. The van der Waals surface area contributed by atoms with Crippen molar-refractivity contribution < 1.29 is 23.8 Å². The van der Waals surface area contributed by atoms with Gasteiger partial charge in [0.1, 0.15) is 11.6 Å². The Bertz CT molecular complexity index is 1070. The van der Waals surface area contributed by atoms with Crippen LogP contribution in [0.2, 0.25) is 0 Å². The van der Waals surface area contributed by atoms with Crippen LogP contribution in [0.15, 0.2) is 60.7 Å². The summed E-state index contributed by atoms with van der Waals surface area (Å²) >= 11 is 0. The molecule has 0 saturated carbocycles. The maximum absolute atomic E-state index is 13.4. The van der Waals surface area contributed by atoms with Gasteiger partial charge in [0, 0.05) is 6.54 Å². The Kier molecular flexibility index (Phi) is 5.37. The Morgan fingerprint density at radius 1 is 0.967 bits per heavy atom. The van der Waals surface area contributed by atoms with Gasteiger partial charge in [-0.2, -0.15) is 0 Å². The topological polar surface area (TPSA) is 81.6 Å². The molecule has 2 atom stereocenters. The molecule has 5 nitrogen and oxygen atoms in total. The van der Waals surface area contributed by atoms with Gasteiger partial charge in [-0.25, -0.2) is 8.78 Å². The first kappa shape index (κ1) is 19.8. The van der Waals surface area contributed by atoms with Crippen molar-refractivity contribution in [2.75, 3.05) is 0 Å². The zero-order chi connectivity index (χ0) is 21.3. The molecule has 3 aromatic carbocycles. The highest BCUT2D eigenvalue weighted by atomic mass is 19.1. The largest absolute Gasteiger partial charge is 0.504 e. The second-order valence-corrected chi connectivity index (χ2v) is 7.29. The van der Waals surface area contributed by atoms with Crippen LogP contribution in [0.5, 0.6) is 11.5 Å².